The van der Waals surface area contributed by atoms with Crippen LogP contribution in [-0.4, -0.2) is 30.6 Å². The maximum absolute atomic E-state index is 5.52. The molecule has 0 aliphatic rings. The number of hydrogen-bond donors (Lipinski definition) is 0. The van der Waals surface area contributed by atoms with Crippen molar-refractivity contribution in [1.29, 1.82) is 0 Å². The Morgan fingerprint density at radius 2 is 1.93 bits per heavy atom. The van der Waals surface area contributed by atoms with E-state index in [2.05, 4.69) is 30.7 Å². The quantitative estimate of drug-likeness (QED) is 0.553. The van der Waals surface area contributed by atoms with Gasteiger partial charge in [0.2, 0.25) is 4.80 Å². The fourth-order valence-electron chi connectivity index (χ4n) is 2.60. The molecule has 5 nitrogen and oxygen atoms in total. The van der Waals surface area contributed by atoms with E-state index in [1.807, 2.05) is 35.9 Å². The lowest BCUT2D eigenvalue weighted by Gasteiger charge is -2.11. The van der Waals surface area contributed by atoms with Crippen molar-refractivity contribution in [3.8, 4) is 22.1 Å². The highest BCUT2D eigenvalue weighted by molar-refractivity contribution is 7.14. The molecule has 0 aliphatic heterocycles. The molecule has 1 aromatic carbocycles. The predicted octanol–water partition coefficient (Wildman–Crippen LogP) is 4.88. The standard InChI is InChI=1S/C20H23N3O2S2/c1-13(2)21-20-23(17(12-27-20)19-7-6-10-26-19)22-14(3)16-11-15(24-4)8-9-18(16)25-5/h6-13H,1-5H3. The highest BCUT2D eigenvalue weighted by atomic mass is 32.1. The van der Waals surface area contributed by atoms with Gasteiger partial charge in [-0.05, 0) is 50.4 Å². The zero-order chi connectivity index (χ0) is 19.4. The van der Waals surface area contributed by atoms with E-state index in [0.717, 1.165) is 38.1 Å². The van der Waals surface area contributed by atoms with Crippen LogP contribution in [0, 0.1) is 0 Å². The minimum Gasteiger partial charge on any atom is -0.497 e. The number of benzene rings is 1. The molecule has 3 aromatic rings. The third-order valence-electron chi connectivity index (χ3n) is 3.87. The lowest BCUT2D eigenvalue weighted by atomic mass is 10.1. The molecule has 0 aliphatic carbocycles. The average Bonchev–Trinajstić information content (AvgIpc) is 3.31. The average molecular weight is 402 g/mol. The van der Waals surface area contributed by atoms with Crippen LogP contribution in [0.25, 0.3) is 10.6 Å². The van der Waals surface area contributed by atoms with E-state index in [0.29, 0.717) is 0 Å². The summed E-state index contributed by atoms with van der Waals surface area (Å²) >= 11 is 3.29. The normalized spacial score (nSPS) is 12.7. The first-order valence-electron chi connectivity index (χ1n) is 8.59. The summed E-state index contributed by atoms with van der Waals surface area (Å²) in [6.45, 7) is 6.10. The van der Waals surface area contributed by atoms with E-state index in [4.69, 9.17) is 19.6 Å². The summed E-state index contributed by atoms with van der Waals surface area (Å²) in [5, 5.41) is 9.07. The van der Waals surface area contributed by atoms with Crippen molar-refractivity contribution >= 4 is 28.4 Å². The molecule has 0 atom stereocenters. The molecule has 27 heavy (non-hydrogen) atoms. The van der Waals surface area contributed by atoms with Gasteiger partial charge >= 0.3 is 0 Å². The van der Waals surface area contributed by atoms with Gasteiger partial charge in [0.15, 0.2) is 0 Å². The highest BCUT2D eigenvalue weighted by Crippen LogP contribution is 2.27. The minimum atomic E-state index is 0.188. The monoisotopic (exact) mass is 401 g/mol. The molecule has 0 bridgehead atoms. The number of methoxy groups -OCH3 is 2. The van der Waals surface area contributed by atoms with Gasteiger partial charge in [0.25, 0.3) is 0 Å². The van der Waals surface area contributed by atoms with Gasteiger partial charge in [-0.3, -0.25) is 4.99 Å². The van der Waals surface area contributed by atoms with Gasteiger partial charge in [0, 0.05) is 17.0 Å². The molecule has 0 saturated carbocycles. The molecule has 3 rings (SSSR count). The maximum atomic E-state index is 5.52. The van der Waals surface area contributed by atoms with Crippen molar-refractivity contribution in [2.45, 2.75) is 26.8 Å². The van der Waals surface area contributed by atoms with E-state index in [9.17, 15) is 0 Å². The van der Waals surface area contributed by atoms with Crippen LogP contribution in [0.4, 0.5) is 0 Å². The van der Waals surface area contributed by atoms with Crippen molar-refractivity contribution in [3.63, 3.8) is 0 Å². The summed E-state index contributed by atoms with van der Waals surface area (Å²) in [4.78, 5) is 6.76. The summed E-state index contributed by atoms with van der Waals surface area (Å²) in [7, 11) is 3.31. The van der Waals surface area contributed by atoms with Gasteiger partial charge in [-0.15, -0.1) is 22.7 Å². The Labute approximate surface area is 167 Å². The second-order valence-electron chi connectivity index (χ2n) is 6.17. The van der Waals surface area contributed by atoms with Crippen molar-refractivity contribution in [3.05, 3.63) is 51.5 Å². The summed E-state index contributed by atoms with van der Waals surface area (Å²) < 4.78 is 12.8. The number of aromatic nitrogens is 1. The molecule has 0 unspecified atom stereocenters. The van der Waals surface area contributed by atoms with Crippen LogP contribution in [0.15, 0.2) is 51.2 Å². The highest BCUT2D eigenvalue weighted by Gasteiger charge is 2.12. The van der Waals surface area contributed by atoms with Crippen molar-refractivity contribution in [2.75, 3.05) is 14.2 Å². The third kappa shape index (κ3) is 4.31. The van der Waals surface area contributed by atoms with E-state index >= 15 is 0 Å². The molecular formula is C20H23N3O2S2. The number of thiazole rings is 1. The molecule has 0 spiro atoms. The molecule has 0 fully saturated rings. The van der Waals surface area contributed by atoms with E-state index in [1.165, 1.54) is 0 Å². The molecule has 0 radical (unpaired) electrons. The van der Waals surface area contributed by atoms with Crippen LogP contribution < -0.4 is 14.3 Å². The van der Waals surface area contributed by atoms with Crippen molar-refractivity contribution in [1.82, 2.24) is 4.68 Å². The lowest BCUT2D eigenvalue weighted by molar-refractivity contribution is 0.402. The Morgan fingerprint density at radius 1 is 1.11 bits per heavy atom. The van der Waals surface area contributed by atoms with Crippen LogP contribution in [0.3, 0.4) is 0 Å². The summed E-state index contributed by atoms with van der Waals surface area (Å²) in [5.74, 6) is 1.52. The lowest BCUT2D eigenvalue weighted by Crippen LogP contribution is -2.16. The zero-order valence-corrected chi connectivity index (χ0v) is 17.7. The molecule has 2 heterocycles. The molecular weight excluding hydrogens is 378 g/mol. The van der Waals surface area contributed by atoms with Crippen LogP contribution >= 0.6 is 22.7 Å². The number of hydrogen-bond acceptors (Lipinski definition) is 6. The number of rotatable bonds is 6. The largest absolute Gasteiger partial charge is 0.497 e. The SMILES string of the molecule is COc1ccc(OC)c(C(C)=Nn2c(-c3cccs3)csc2=NC(C)C)c1. The third-order valence-corrected chi connectivity index (χ3v) is 5.60. The zero-order valence-electron chi connectivity index (χ0n) is 16.1. The van der Waals surface area contributed by atoms with Gasteiger partial charge < -0.3 is 9.47 Å². The topological polar surface area (TPSA) is 48.1 Å². The predicted molar refractivity (Wildman–Crippen MR) is 113 cm³/mol. The minimum absolute atomic E-state index is 0.188. The van der Waals surface area contributed by atoms with E-state index in [1.54, 1.807) is 36.9 Å². The molecule has 2 aromatic heterocycles. The summed E-state index contributed by atoms with van der Waals surface area (Å²) in [6.07, 6.45) is 0. The first kappa shape index (κ1) is 19.4. The molecule has 0 N–H and O–H groups in total. The first-order chi connectivity index (χ1) is 13.0. The Balaban J connectivity index is 2.18. The Kier molecular flexibility index (Phi) is 6.13. The second-order valence-corrected chi connectivity index (χ2v) is 7.95. The van der Waals surface area contributed by atoms with Crippen molar-refractivity contribution in [2.24, 2.45) is 10.1 Å². The van der Waals surface area contributed by atoms with Gasteiger partial charge in [-0.1, -0.05) is 6.07 Å². The maximum Gasteiger partial charge on any atom is 0.206 e. The van der Waals surface area contributed by atoms with Gasteiger partial charge in [0.1, 0.15) is 11.5 Å². The Morgan fingerprint density at radius 3 is 2.56 bits per heavy atom. The molecule has 0 amide bonds. The van der Waals surface area contributed by atoms with Crippen LogP contribution in [-0.2, 0) is 0 Å². The van der Waals surface area contributed by atoms with Crippen molar-refractivity contribution < 1.29 is 9.47 Å². The van der Waals surface area contributed by atoms with E-state index in [-0.39, 0.29) is 6.04 Å². The van der Waals surface area contributed by atoms with Crippen LogP contribution in [0.1, 0.15) is 26.3 Å². The second kappa shape index (κ2) is 8.54. The molecule has 142 valence electrons. The fraction of sp³-hybridized carbons (Fsp3) is 0.300. The van der Waals surface area contributed by atoms with Gasteiger partial charge in [-0.2, -0.15) is 5.10 Å². The van der Waals surface area contributed by atoms with E-state index < -0.39 is 0 Å². The van der Waals surface area contributed by atoms with Gasteiger partial charge in [-0.25, -0.2) is 4.68 Å². The number of ether oxygens (including phenoxy) is 2. The summed E-state index contributed by atoms with van der Waals surface area (Å²) in [5.41, 5.74) is 2.76. The fourth-order valence-corrected chi connectivity index (χ4v) is 4.36. The van der Waals surface area contributed by atoms with Gasteiger partial charge in [0.05, 0.1) is 30.5 Å². The smallest absolute Gasteiger partial charge is 0.206 e. The number of thiophene rings is 1. The van der Waals surface area contributed by atoms with Crippen LogP contribution in [0.5, 0.6) is 11.5 Å². The summed E-state index contributed by atoms with van der Waals surface area (Å²) in [6, 6.07) is 10.0. The molecule has 0 saturated heterocycles. The first-order valence-corrected chi connectivity index (χ1v) is 10.4. The number of nitrogens with zero attached hydrogens (tertiary/aromatic N) is 3. The Hall–Kier alpha value is -2.38. The Bertz CT molecular complexity index is 999. The van der Waals surface area contributed by atoms with Crippen LogP contribution in [0.2, 0.25) is 0 Å². The molecule has 7 heteroatoms.